The standard InChI is InChI=1S/C13H12FN3O/c1-8-3-2-6-16-12(8)17-13(18)10-5-4-9(14)7-11(10)15/h2-7H,15H2,1H3,(H,16,17,18). The molecule has 0 saturated carbocycles. The van der Waals surface area contributed by atoms with E-state index in [1.165, 1.54) is 12.1 Å². The lowest BCUT2D eigenvalue weighted by atomic mass is 10.1. The van der Waals surface area contributed by atoms with Crippen molar-refractivity contribution >= 4 is 17.4 Å². The first-order valence-electron chi connectivity index (χ1n) is 5.36. The van der Waals surface area contributed by atoms with Crippen LogP contribution < -0.4 is 11.1 Å². The highest BCUT2D eigenvalue weighted by atomic mass is 19.1. The highest BCUT2D eigenvalue weighted by molar-refractivity contribution is 6.07. The number of rotatable bonds is 2. The number of nitrogens with two attached hydrogens (primary N) is 1. The van der Waals surface area contributed by atoms with Gasteiger partial charge in [-0.1, -0.05) is 6.07 Å². The summed E-state index contributed by atoms with van der Waals surface area (Å²) in [7, 11) is 0. The third-order valence-electron chi connectivity index (χ3n) is 2.50. The zero-order valence-electron chi connectivity index (χ0n) is 9.77. The second-order valence-corrected chi connectivity index (χ2v) is 3.85. The van der Waals surface area contributed by atoms with Gasteiger partial charge in [0.2, 0.25) is 0 Å². The summed E-state index contributed by atoms with van der Waals surface area (Å²) in [6, 6.07) is 7.25. The van der Waals surface area contributed by atoms with Crippen LogP contribution in [0.15, 0.2) is 36.5 Å². The number of nitrogens with one attached hydrogen (secondary N) is 1. The van der Waals surface area contributed by atoms with E-state index in [1.54, 1.807) is 12.3 Å². The molecule has 3 N–H and O–H groups in total. The van der Waals surface area contributed by atoms with E-state index in [0.29, 0.717) is 5.82 Å². The number of nitrogen functional groups attached to an aromatic ring is 1. The first-order chi connectivity index (χ1) is 8.58. The molecule has 1 aromatic heterocycles. The Labute approximate surface area is 104 Å². The molecule has 5 heteroatoms. The van der Waals surface area contributed by atoms with Crippen molar-refractivity contribution in [2.24, 2.45) is 0 Å². The maximum absolute atomic E-state index is 12.9. The Morgan fingerprint density at radius 3 is 2.83 bits per heavy atom. The third kappa shape index (κ3) is 2.45. The number of anilines is 2. The van der Waals surface area contributed by atoms with Crippen LogP contribution in [0.4, 0.5) is 15.9 Å². The van der Waals surface area contributed by atoms with Crippen LogP contribution in [0.3, 0.4) is 0 Å². The summed E-state index contributed by atoms with van der Waals surface area (Å²) in [5.41, 5.74) is 6.75. The molecule has 0 unspecified atom stereocenters. The van der Waals surface area contributed by atoms with E-state index in [0.717, 1.165) is 11.6 Å². The van der Waals surface area contributed by atoms with E-state index < -0.39 is 11.7 Å². The van der Waals surface area contributed by atoms with Crippen molar-refractivity contribution < 1.29 is 9.18 Å². The van der Waals surface area contributed by atoms with E-state index in [9.17, 15) is 9.18 Å². The number of hydrogen-bond acceptors (Lipinski definition) is 3. The molecule has 0 saturated heterocycles. The molecule has 1 heterocycles. The zero-order chi connectivity index (χ0) is 13.1. The first kappa shape index (κ1) is 12.0. The molecule has 0 aliphatic carbocycles. The lowest BCUT2D eigenvalue weighted by Gasteiger charge is -2.08. The molecule has 1 aromatic carbocycles. The average Bonchev–Trinajstić information content (AvgIpc) is 2.32. The predicted octanol–water partition coefficient (Wildman–Crippen LogP) is 2.36. The van der Waals surface area contributed by atoms with Crippen LogP contribution in [0.2, 0.25) is 0 Å². The van der Waals surface area contributed by atoms with Crippen LogP contribution in [-0.4, -0.2) is 10.9 Å². The van der Waals surface area contributed by atoms with Gasteiger partial charge in [-0.15, -0.1) is 0 Å². The second kappa shape index (κ2) is 4.83. The molecule has 2 aromatic rings. The van der Waals surface area contributed by atoms with Crippen LogP contribution >= 0.6 is 0 Å². The summed E-state index contributed by atoms with van der Waals surface area (Å²) in [5.74, 6) is -0.418. The molecule has 92 valence electrons. The largest absolute Gasteiger partial charge is 0.398 e. The normalized spacial score (nSPS) is 10.1. The highest BCUT2D eigenvalue weighted by Gasteiger charge is 2.12. The summed E-state index contributed by atoms with van der Waals surface area (Å²) in [4.78, 5) is 16.0. The molecule has 0 bridgehead atoms. The fraction of sp³-hybridized carbons (Fsp3) is 0.0769. The fourth-order valence-corrected chi connectivity index (χ4v) is 1.53. The summed E-state index contributed by atoms with van der Waals surface area (Å²) in [6.07, 6.45) is 1.58. The van der Waals surface area contributed by atoms with Crippen molar-refractivity contribution in [3.05, 3.63) is 53.5 Å². The molecule has 2 rings (SSSR count). The van der Waals surface area contributed by atoms with Crippen molar-refractivity contribution in [2.75, 3.05) is 11.1 Å². The molecule has 0 atom stereocenters. The zero-order valence-corrected chi connectivity index (χ0v) is 9.77. The minimum absolute atomic E-state index is 0.0982. The number of aromatic nitrogens is 1. The van der Waals surface area contributed by atoms with Gasteiger partial charge in [-0.25, -0.2) is 9.37 Å². The number of aryl methyl sites for hydroxylation is 1. The lowest BCUT2D eigenvalue weighted by molar-refractivity contribution is 0.102. The number of carbonyl (C=O) groups is 1. The van der Waals surface area contributed by atoms with Crippen LogP contribution in [0.1, 0.15) is 15.9 Å². The monoisotopic (exact) mass is 245 g/mol. The maximum Gasteiger partial charge on any atom is 0.258 e. The van der Waals surface area contributed by atoms with Crippen molar-refractivity contribution in [1.82, 2.24) is 4.98 Å². The van der Waals surface area contributed by atoms with E-state index in [4.69, 9.17) is 5.73 Å². The van der Waals surface area contributed by atoms with Crippen molar-refractivity contribution in [3.63, 3.8) is 0 Å². The van der Waals surface area contributed by atoms with Gasteiger partial charge in [0.1, 0.15) is 11.6 Å². The van der Waals surface area contributed by atoms with Crippen LogP contribution in [0.25, 0.3) is 0 Å². The van der Waals surface area contributed by atoms with Gasteiger partial charge < -0.3 is 11.1 Å². The van der Waals surface area contributed by atoms with Crippen LogP contribution in [-0.2, 0) is 0 Å². The number of benzene rings is 1. The van der Waals surface area contributed by atoms with Gasteiger partial charge in [-0.2, -0.15) is 0 Å². The molecule has 0 spiro atoms. The molecule has 0 fully saturated rings. The Morgan fingerprint density at radius 2 is 2.17 bits per heavy atom. The summed E-state index contributed by atoms with van der Waals surface area (Å²) in [5, 5.41) is 2.63. The Balaban J connectivity index is 2.25. The fourth-order valence-electron chi connectivity index (χ4n) is 1.53. The van der Waals surface area contributed by atoms with E-state index in [2.05, 4.69) is 10.3 Å². The molecule has 0 aliphatic rings. The van der Waals surface area contributed by atoms with Crippen molar-refractivity contribution in [1.29, 1.82) is 0 Å². The molecule has 18 heavy (non-hydrogen) atoms. The summed E-state index contributed by atoms with van der Waals surface area (Å²) in [6.45, 7) is 1.83. The van der Waals surface area contributed by atoms with E-state index >= 15 is 0 Å². The molecular formula is C13H12FN3O. The van der Waals surface area contributed by atoms with Gasteiger partial charge in [-0.3, -0.25) is 4.79 Å². The number of carbonyl (C=O) groups excluding carboxylic acids is 1. The molecule has 0 aliphatic heterocycles. The maximum atomic E-state index is 12.9. The van der Waals surface area contributed by atoms with Crippen molar-refractivity contribution in [2.45, 2.75) is 6.92 Å². The molecule has 4 nitrogen and oxygen atoms in total. The first-order valence-corrected chi connectivity index (χ1v) is 5.36. The molecular weight excluding hydrogens is 233 g/mol. The Bertz CT molecular complexity index is 599. The lowest BCUT2D eigenvalue weighted by Crippen LogP contribution is -2.15. The van der Waals surface area contributed by atoms with Gasteiger partial charge in [0, 0.05) is 11.9 Å². The molecule has 0 radical (unpaired) electrons. The Morgan fingerprint density at radius 1 is 1.39 bits per heavy atom. The van der Waals surface area contributed by atoms with Gasteiger partial charge in [-0.05, 0) is 36.8 Å². The third-order valence-corrected chi connectivity index (χ3v) is 2.50. The minimum Gasteiger partial charge on any atom is -0.398 e. The van der Waals surface area contributed by atoms with Gasteiger partial charge >= 0.3 is 0 Å². The van der Waals surface area contributed by atoms with Gasteiger partial charge in [0.25, 0.3) is 5.91 Å². The summed E-state index contributed by atoms with van der Waals surface area (Å²) < 4.78 is 12.9. The second-order valence-electron chi connectivity index (χ2n) is 3.85. The number of nitrogens with zero attached hydrogens (tertiary/aromatic N) is 1. The Kier molecular flexibility index (Phi) is 3.23. The number of halogens is 1. The quantitative estimate of drug-likeness (QED) is 0.798. The van der Waals surface area contributed by atoms with Gasteiger partial charge in [0.15, 0.2) is 0 Å². The highest BCUT2D eigenvalue weighted by Crippen LogP contribution is 2.16. The number of amides is 1. The average molecular weight is 245 g/mol. The molecule has 1 amide bonds. The van der Waals surface area contributed by atoms with Crippen molar-refractivity contribution in [3.8, 4) is 0 Å². The predicted molar refractivity (Wildman–Crippen MR) is 67.7 cm³/mol. The van der Waals surface area contributed by atoms with Crippen LogP contribution in [0.5, 0.6) is 0 Å². The van der Waals surface area contributed by atoms with E-state index in [1.807, 2.05) is 13.0 Å². The SMILES string of the molecule is Cc1cccnc1NC(=O)c1ccc(F)cc1N. The topological polar surface area (TPSA) is 68.0 Å². The Hall–Kier alpha value is -2.43. The summed E-state index contributed by atoms with van der Waals surface area (Å²) >= 11 is 0. The number of pyridine rings is 1. The minimum atomic E-state index is -0.474. The van der Waals surface area contributed by atoms with Gasteiger partial charge in [0.05, 0.1) is 5.56 Å². The number of hydrogen-bond donors (Lipinski definition) is 2. The van der Waals surface area contributed by atoms with E-state index in [-0.39, 0.29) is 11.3 Å². The van der Waals surface area contributed by atoms with Crippen LogP contribution in [0, 0.1) is 12.7 Å². The smallest absolute Gasteiger partial charge is 0.258 e.